The number of fused-ring (bicyclic) bond motifs is 1. The van der Waals surface area contributed by atoms with Gasteiger partial charge in [0, 0.05) is 26.2 Å². The van der Waals surface area contributed by atoms with E-state index in [0.717, 1.165) is 29.9 Å². The molecule has 3 heterocycles. The zero-order valence-corrected chi connectivity index (χ0v) is 12.1. The van der Waals surface area contributed by atoms with Crippen LogP contribution in [0.3, 0.4) is 0 Å². The highest BCUT2D eigenvalue weighted by Gasteiger charge is 2.27. The molecule has 1 atom stereocenters. The minimum absolute atomic E-state index is 0.0845. The van der Waals surface area contributed by atoms with Gasteiger partial charge < -0.3 is 9.47 Å². The highest BCUT2D eigenvalue weighted by Crippen LogP contribution is 2.24. The zero-order chi connectivity index (χ0) is 14.3. The molecular weight excluding hydrogens is 280 g/mol. The summed E-state index contributed by atoms with van der Waals surface area (Å²) >= 11 is 0. The van der Waals surface area contributed by atoms with Crippen LogP contribution in [0.4, 0.5) is 5.82 Å². The smallest absolute Gasteiger partial charge is 0.209 e. The number of hydrogen-bond acceptors (Lipinski definition) is 6. The van der Waals surface area contributed by atoms with Gasteiger partial charge in [0.05, 0.1) is 12.6 Å². The van der Waals surface area contributed by atoms with Crippen molar-refractivity contribution in [1.82, 2.24) is 24.2 Å². The van der Waals surface area contributed by atoms with Crippen molar-refractivity contribution < 1.29 is 8.42 Å². The van der Waals surface area contributed by atoms with Crippen molar-refractivity contribution >= 4 is 27.0 Å². The van der Waals surface area contributed by atoms with Crippen molar-refractivity contribution in [3.05, 3.63) is 12.7 Å². The van der Waals surface area contributed by atoms with Gasteiger partial charge in [0.25, 0.3) is 0 Å². The Morgan fingerprint density at radius 1 is 1.35 bits per heavy atom. The zero-order valence-electron chi connectivity index (χ0n) is 11.3. The summed E-state index contributed by atoms with van der Waals surface area (Å²) < 4.78 is 27.0. The van der Waals surface area contributed by atoms with Crippen molar-refractivity contribution in [1.29, 1.82) is 0 Å². The average molecular weight is 296 g/mol. The Labute approximate surface area is 116 Å². The van der Waals surface area contributed by atoms with Crippen LogP contribution in [0.1, 0.15) is 6.42 Å². The van der Waals surface area contributed by atoms with E-state index in [-0.39, 0.29) is 6.04 Å². The Hall–Kier alpha value is -1.74. The summed E-state index contributed by atoms with van der Waals surface area (Å²) in [5.41, 5.74) is 1.52. The summed E-state index contributed by atoms with van der Waals surface area (Å²) in [6.07, 6.45) is 5.14. The number of nitrogens with one attached hydrogen (secondary N) is 1. The summed E-state index contributed by atoms with van der Waals surface area (Å²) in [4.78, 5) is 14.9. The first-order valence-corrected chi connectivity index (χ1v) is 8.17. The summed E-state index contributed by atoms with van der Waals surface area (Å²) in [5, 5.41) is 0. The fraction of sp³-hybridized carbons (Fsp3) is 0.545. The Bertz CT molecular complexity index is 740. The molecule has 9 heteroatoms. The highest BCUT2D eigenvalue weighted by molar-refractivity contribution is 7.88. The van der Waals surface area contributed by atoms with Crippen LogP contribution in [-0.4, -0.2) is 53.3 Å². The van der Waals surface area contributed by atoms with Gasteiger partial charge in [-0.15, -0.1) is 0 Å². The maximum atomic E-state index is 11.3. The third-order valence-corrected chi connectivity index (χ3v) is 4.11. The fourth-order valence-electron chi connectivity index (χ4n) is 2.52. The molecule has 2 aromatic rings. The largest absolute Gasteiger partial charge is 0.353 e. The monoisotopic (exact) mass is 296 g/mol. The van der Waals surface area contributed by atoms with E-state index >= 15 is 0 Å². The first-order chi connectivity index (χ1) is 9.44. The van der Waals surface area contributed by atoms with Crippen molar-refractivity contribution in [2.24, 2.45) is 7.05 Å². The molecule has 0 bridgehead atoms. The molecule has 0 aromatic carbocycles. The van der Waals surface area contributed by atoms with Crippen LogP contribution in [0.5, 0.6) is 0 Å². The number of hydrogen-bond donors (Lipinski definition) is 1. The molecule has 1 fully saturated rings. The Balaban J connectivity index is 1.86. The minimum atomic E-state index is -3.18. The predicted molar refractivity (Wildman–Crippen MR) is 74.9 cm³/mol. The molecule has 1 N–H and O–H groups in total. The van der Waals surface area contributed by atoms with E-state index in [4.69, 9.17) is 0 Å². The number of nitrogens with zero attached hydrogens (tertiary/aromatic N) is 5. The molecular formula is C11H16N6O2S. The molecule has 1 aliphatic heterocycles. The van der Waals surface area contributed by atoms with Crippen LogP contribution in [0.2, 0.25) is 0 Å². The number of anilines is 1. The average Bonchev–Trinajstić information content (AvgIpc) is 2.95. The molecule has 20 heavy (non-hydrogen) atoms. The standard InChI is InChI=1S/C11H16N6O2S/c1-16-7-14-9-10(16)12-6-13-11(9)17-4-3-8(5-17)15-20(2,18)19/h6-8,15H,3-5H2,1-2H3. The summed E-state index contributed by atoms with van der Waals surface area (Å²) in [6, 6.07) is -0.0845. The lowest BCUT2D eigenvalue weighted by Crippen LogP contribution is -2.36. The van der Waals surface area contributed by atoms with Gasteiger partial charge in [0.2, 0.25) is 10.0 Å². The van der Waals surface area contributed by atoms with Gasteiger partial charge in [-0.05, 0) is 6.42 Å². The van der Waals surface area contributed by atoms with Gasteiger partial charge >= 0.3 is 0 Å². The van der Waals surface area contributed by atoms with Gasteiger partial charge in [-0.1, -0.05) is 0 Å². The molecule has 0 radical (unpaired) electrons. The van der Waals surface area contributed by atoms with E-state index in [1.54, 1.807) is 6.33 Å². The molecule has 0 saturated carbocycles. The van der Waals surface area contributed by atoms with E-state index < -0.39 is 10.0 Å². The van der Waals surface area contributed by atoms with Gasteiger partial charge in [0.1, 0.15) is 6.33 Å². The molecule has 1 unspecified atom stereocenters. The van der Waals surface area contributed by atoms with Crippen molar-refractivity contribution in [2.45, 2.75) is 12.5 Å². The molecule has 3 rings (SSSR count). The van der Waals surface area contributed by atoms with Crippen molar-refractivity contribution in [3.63, 3.8) is 0 Å². The van der Waals surface area contributed by atoms with Gasteiger partial charge in [-0.3, -0.25) is 0 Å². The second-order valence-corrected chi connectivity index (χ2v) is 6.83. The van der Waals surface area contributed by atoms with Crippen LogP contribution in [0.15, 0.2) is 12.7 Å². The molecule has 0 aliphatic carbocycles. The number of imidazole rings is 1. The lowest BCUT2D eigenvalue weighted by molar-refractivity contribution is 0.567. The Kier molecular flexibility index (Phi) is 3.09. The number of aryl methyl sites for hydroxylation is 1. The van der Waals surface area contributed by atoms with E-state index in [0.29, 0.717) is 6.54 Å². The normalized spacial score (nSPS) is 19.9. The van der Waals surface area contributed by atoms with Crippen LogP contribution in [-0.2, 0) is 17.1 Å². The van der Waals surface area contributed by atoms with Crippen LogP contribution < -0.4 is 9.62 Å². The quantitative estimate of drug-likeness (QED) is 0.820. The Morgan fingerprint density at radius 3 is 2.90 bits per heavy atom. The summed E-state index contributed by atoms with van der Waals surface area (Å²) in [7, 11) is -1.30. The first kappa shape index (κ1) is 13.3. The van der Waals surface area contributed by atoms with Crippen LogP contribution >= 0.6 is 0 Å². The Morgan fingerprint density at radius 2 is 2.15 bits per heavy atom. The maximum Gasteiger partial charge on any atom is 0.209 e. The van der Waals surface area contributed by atoms with E-state index in [9.17, 15) is 8.42 Å². The number of rotatable bonds is 3. The van der Waals surface area contributed by atoms with Crippen LogP contribution in [0, 0.1) is 0 Å². The van der Waals surface area contributed by atoms with E-state index in [1.165, 1.54) is 12.6 Å². The van der Waals surface area contributed by atoms with E-state index in [2.05, 4.69) is 19.7 Å². The SMILES string of the molecule is Cn1cnc2c(N3CCC(NS(C)(=O)=O)C3)ncnc21. The number of sulfonamides is 1. The third kappa shape index (κ3) is 2.46. The molecule has 108 valence electrons. The second kappa shape index (κ2) is 4.67. The molecule has 1 aliphatic rings. The van der Waals surface area contributed by atoms with Gasteiger partial charge in [0.15, 0.2) is 17.0 Å². The molecule has 0 amide bonds. The predicted octanol–water partition coefficient (Wildman–Crippen LogP) is -0.509. The van der Waals surface area contributed by atoms with Crippen LogP contribution in [0.25, 0.3) is 11.2 Å². The van der Waals surface area contributed by atoms with E-state index in [1.807, 2.05) is 16.5 Å². The molecule has 2 aromatic heterocycles. The minimum Gasteiger partial charge on any atom is -0.353 e. The lowest BCUT2D eigenvalue weighted by Gasteiger charge is -2.17. The molecule has 1 saturated heterocycles. The second-order valence-electron chi connectivity index (χ2n) is 5.05. The highest BCUT2D eigenvalue weighted by atomic mass is 32.2. The first-order valence-electron chi connectivity index (χ1n) is 6.28. The van der Waals surface area contributed by atoms with Crippen molar-refractivity contribution in [2.75, 3.05) is 24.2 Å². The summed E-state index contributed by atoms with van der Waals surface area (Å²) in [5.74, 6) is 0.758. The topological polar surface area (TPSA) is 93.0 Å². The fourth-order valence-corrected chi connectivity index (χ4v) is 3.31. The molecule has 0 spiro atoms. The summed E-state index contributed by atoms with van der Waals surface area (Å²) in [6.45, 7) is 1.34. The van der Waals surface area contributed by atoms with Gasteiger partial charge in [-0.2, -0.15) is 0 Å². The molecule has 8 nitrogen and oxygen atoms in total. The lowest BCUT2D eigenvalue weighted by atomic mass is 10.3. The third-order valence-electron chi connectivity index (χ3n) is 3.35. The number of aromatic nitrogens is 4. The van der Waals surface area contributed by atoms with Crippen molar-refractivity contribution in [3.8, 4) is 0 Å². The van der Waals surface area contributed by atoms with Gasteiger partial charge in [-0.25, -0.2) is 28.1 Å². The maximum absolute atomic E-state index is 11.3.